The van der Waals surface area contributed by atoms with E-state index in [0.29, 0.717) is 26.1 Å². The topological polar surface area (TPSA) is 60.9 Å². The molecular weight excluding hydrogens is 306 g/mol. The molecule has 0 unspecified atom stereocenters. The summed E-state index contributed by atoms with van der Waals surface area (Å²) in [7, 11) is 0. The predicted octanol–water partition coefficient (Wildman–Crippen LogP) is 1.63. The van der Waals surface area contributed by atoms with Crippen LogP contribution in [0, 0.1) is 0 Å². The minimum Gasteiger partial charge on any atom is -0.343 e. The molecule has 0 saturated carbocycles. The molecule has 1 saturated heterocycles. The van der Waals surface area contributed by atoms with Crippen molar-refractivity contribution in [3.05, 3.63) is 35.4 Å². The van der Waals surface area contributed by atoms with E-state index in [1.807, 2.05) is 38.1 Å². The lowest BCUT2D eigenvalue weighted by Gasteiger charge is -2.28. The molecule has 128 valence electrons. The third-order valence-corrected chi connectivity index (χ3v) is 4.94. The van der Waals surface area contributed by atoms with Crippen LogP contribution in [0.5, 0.6) is 0 Å². The molecule has 6 nitrogen and oxygen atoms in total. The fourth-order valence-electron chi connectivity index (χ4n) is 3.52. The molecule has 0 aromatic heterocycles. The molecule has 2 heterocycles. The number of hydrogen-bond acceptors (Lipinski definition) is 3. The molecule has 3 rings (SSSR count). The second kappa shape index (κ2) is 6.63. The van der Waals surface area contributed by atoms with E-state index in [-0.39, 0.29) is 30.8 Å². The Kier molecular flexibility index (Phi) is 4.55. The van der Waals surface area contributed by atoms with E-state index in [9.17, 15) is 14.4 Å². The first-order valence-corrected chi connectivity index (χ1v) is 8.53. The van der Waals surface area contributed by atoms with Crippen molar-refractivity contribution in [1.29, 1.82) is 0 Å². The molecule has 2 aliphatic rings. The summed E-state index contributed by atoms with van der Waals surface area (Å²) in [5.41, 5.74) is 2.22. The van der Waals surface area contributed by atoms with Gasteiger partial charge in [0.25, 0.3) is 5.91 Å². The van der Waals surface area contributed by atoms with Crippen LogP contribution in [0.25, 0.3) is 0 Å². The third-order valence-electron chi connectivity index (χ3n) is 4.94. The molecule has 0 N–H and O–H groups in total. The van der Waals surface area contributed by atoms with Crippen molar-refractivity contribution < 1.29 is 14.4 Å². The smallest absolute Gasteiger partial charge is 0.327 e. The summed E-state index contributed by atoms with van der Waals surface area (Å²) in [6.45, 7) is 5.75. The van der Waals surface area contributed by atoms with Crippen LogP contribution in [-0.4, -0.2) is 58.2 Å². The number of carbonyl (C=O) groups excluding carboxylic acids is 3. The van der Waals surface area contributed by atoms with E-state index in [1.165, 1.54) is 4.90 Å². The van der Waals surface area contributed by atoms with E-state index >= 15 is 0 Å². The Labute approximate surface area is 142 Å². The maximum atomic E-state index is 12.6. The highest BCUT2D eigenvalue weighted by molar-refractivity contribution is 6.04. The van der Waals surface area contributed by atoms with E-state index < -0.39 is 6.04 Å². The van der Waals surface area contributed by atoms with Gasteiger partial charge in [-0.25, -0.2) is 4.79 Å². The first kappa shape index (κ1) is 16.5. The van der Waals surface area contributed by atoms with Crippen LogP contribution in [0.1, 0.15) is 31.4 Å². The van der Waals surface area contributed by atoms with Crippen molar-refractivity contribution in [3.8, 4) is 0 Å². The second-order valence-electron chi connectivity index (χ2n) is 6.21. The Bertz CT molecular complexity index is 626. The van der Waals surface area contributed by atoms with Gasteiger partial charge in [-0.2, -0.15) is 0 Å². The van der Waals surface area contributed by atoms with Crippen molar-refractivity contribution in [2.45, 2.75) is 39.3 Å². The lowest BCUT2D eigenvalue weighted by molar-refractivity contribution is -0.132. The second-order valence-corrected chi connectivity index (χ2v) is 6.21. The highest BCUT2D eigenvalue weighted by Gasteiger charge is 2.46. The monoisotopic (exact) mass is 329 g/mol. The van der Waals surface area contributed by atoms with Gasteiger partial charge in [0.05, 0.1) is 0 Å². The summed E-state index contributed by atoms with van der Waals surface area (Å²) in [5.74, 6) is -0.199. The summed E-state index contributed by atoms with van der Waals surface area (Å²) in [4.78, 5) is 41.9. The molecule has 0 spiro atoms. The number of imide groups is 1. The Morgan fingerprint density at radius 3 is 2.50 bits per heavy atom. The van der Waals surface area contributed by atoms with Crippen molar-refractivity contribution >= 4 is 17.8 Å². The number of fused-ring (bicyclic) bond motifs is 2. The quantitative estimate of drug-likeness (QED) is 0.772. The molecule has 4 amide bonds. The van der Waals surface area contributed by atoms with Gasteiger partial charge in [-0.1, -0.05) is 24.3 Å². The Morgan fingerprint density at radius 2 is 1.83 bits per heavy atom. The minimum atomic E-state index is -0.420. The minimum absolute atomic E-state index is 0.0197. The number of amides is 4. The number of hydrogen-bond donors (Lipinski definition) is 0. The van der Waals surface area contributed by atoms with E-state index in [0.717, 1.165) is 11.1 Å². The maximum Gasteiger partial charge on any atom is 0.327 e. The molecule has 1 aromatic carbocycles. The van der Waals surface area contributed by atoms with Gasteiger partial charge in [0.2, 0.25) is 5.91 Å². The standard InChI is InChI=1S/C18H23N3O3/c1-3-19(4-2)16(22)9-10-20-17(23)15-11-13-7-5-6-8-14(13)12-21(15)18(20)24/h5-8,15H,3-4,9-12H2,1-2H3/t15-/m1/s1. The Hall–Kier alpha value is -2.37. The van der Waals surface area contributed by atoms with Gasteiger partial charge < -0.3 is 9.80 Å². The summed E-state index contributed by atoms with van der Waals surface area (Å²) in [6.07, 6.45) is 0.744. The molecule has 24 heavy (non-hydrogen) atoms. The normalized spacial score (nSPS) is 19.3. The predicted molar refractivity (Wildman–Crippen MR) is 89.1 cm³/mol. The van der Waals surface area contributed by atoms with Crippen molar-refractivity contribution in [1.82, 2.24) is 14.7 Å². The maximum absolute atomic E-state index is 12.6. The lowest BCUT2D eigenvalue weighted by Crippen LogP contribution is -2.40. The van der Waals surface area contributed by atoms with Gasteiger partial charge in [0.1, 0.15) is 6.04 Å². The molecule has 0 radical (unpaired) electrons. The van der Waals surface area contributed by atoms with Crippen LogP contribution in [-0.2, 0) is 22.6 Å². The first-order valence-electron chi connectivity index (χ1n) is 8.53. The highest BCUT2D eigenvalue weighted by Crippen LogP contribution is 2.30. The van der Waals surface area contributed by atoms with Crippen LogP contribution in [0.15, 0.2) is 24.3 Å². The summed E-state index contributed by atoms with van der Waals surface area (Å²) in [6, 6.07) is 7.22. The molecule has 6 heteroatoms. The van der Waals surface area contributed by atoms with E-state index in [4.69, 9.17) is 0 Å². The first-order chi connectivity index (χ1) is 11.6. The number of urea groups is 1. The van der Waals surface area contributed by atoms with Crippen LogP contribution >= 0.6 is 0 Å². The SMILES string of the molecule is CCN(CC)C(=O)CCN1C(=O)[C@H]2Cc3ccccc3CN2C1=O. The number of nitrogens with zero attached hydrogens (tertiary/aromatic N) is 3. The Balaban J connectivity index is 1.69. The van der Waals surface area contributed by atoms with Crippen LogP contribution < -0.4 is 0 Å². The fraction of sp³-hybridized carbons (Fsp3) is 0.500. The van der Waals surface area contributed by atoms with E-state index in [1.54, 1.807) is 9.80 Å². The van der Waals surface area contributed by atoms with Gasteiger partial charge in [0.15, 0.2) is 0 Å². The van der Waals surface area contributed by atoms with Gasteiger partial charge in [0, 0.05) is 39.0 Å². The fourth-order valence-corrected chi connectivity index (χ4v) is 3.52. The summed E-state index contributed by atoms with van der Waals surface area (Å²) in [5, 5.41) is 0. The average molecular weight is 329 g/mol. The van der Waals surface area contributed by atoms with Gasteiger partial charge in [-0.15, -0.1) is 0 Å². The number of rotatable bonds is 5. The summed E-state index contributed by atoms with van der Waals surface area (Å²) >= 11 is 0. The molecule has 1 fully saturated rings. The average Bonchev–Trinajstić information content (AvgIpc) is 2.83. The van der Waals surface area contributed by atoms with Crippen molar-refractivity contribution in [2.75, 3.05) is 19.6 Å². The molecule has 2 aliphatic heterocycles. The van der Waals surface area contributed by atoms with Gasteiger partial charge in [-0.3, -0.25) is 14.5 Å². The number of carbonyl (C=O) groups is 3. The lowest BCUT2D eigenvalue weighted by atomic mass is 9.95. The largest absolute Gasteiger partial charge is 0.343 e. The third kappa shape index (κ3) is 2.77. The molecule has 0 bridgehead atoms. The van der Waals surface area contributed by atoms with Gasteiger partial charge >= 0.3 is 6.03 Å². The van der Waals surface area contributed by atoms with Crippen LogP contribution in [0.2, 0.25) is 0 Å². The molecule has 1 atom stereocenters. The zero-order valence-electron chi connectivity index (χ0n) is 14.2. The zero-order valence-corrected chi connectivity index (χ0v) is 14.2. The van der Waals surface area contributed by atoms with Crippen molar-refractivity contribution in [3.63, 3.8) is 0 Å². The van der Waals surface area contributed by atoms with Crippen molar-refractivity contribution in [2.24, 2.45) is 0 Å². The van der Waals surface area contributed by atoms with Crippen LogP contribution in [0.3, 0.4) is 0 Å². The van der Waals surface area contributed by atoms with Crippen LogP contribution in [0.4, 0.5) is 4.79 Å². The van der Waals surface area contributed by atoms with E-state index in [2.05, 4.69) is 0 Å². The molecule has 0 aliphatic carbocycles. The number of benzene rings is 1. The molecular formula is C18H23N3O3. The Morgan fingerprint density at radius 1 is 1.17 bits per heavy atom. The molecule has 1 aromatic rings. The zero-order chi connectivity index (χ0) is 17.3. The van der Waals surface area contributed by atoms with Gasteiger partial charge in [-0.05, 0) is 25.0 Å². The highest BCUT2D eigenvalue weighted by atomic mass is 16.2. The summed E-state index contributed by atoms with van der Waals surface area (Å²) < 4.78 is 0.